The van der Waals surface area contributed by atoms with Gasteiger partial charge >= 0.3 is 0 Å². The van der Waals surface area contributed by atoms with Gasteiger partial charge in [0.2, 0.25) is 5.95 Å². The first-order valence-corrected chi connectivity index (χ1v) is 5.32. The summed E-state index contributed by atoms with van der Waals surface area (Å²) >= 11 is 0. The highest BCUT2D eigenvalue weighted by molar-refractivity contribution is 5.58. The number of rotatable bonds is 4. The van der Waals surface area contributed by atoms with Crippen molar-refractivity contribution in [2.24, 2.45) is 12.9 Å². The standard InChI is InChI=1S/C10H15N7/c1-3-7-8(6-17(2)16-7)13-9-4-5-12-10(14-9)15-11/h4-6H,3,11H2,1-2H3,(H2,12,13,14,15). The first-order chi connectivity index (χ1) is 8.22. The minimum Gasteiger partial charge on any atom is -0.337 e. The van der Waals surface area contributed by atoms with Gasteiger partial charge in [-0.05, 0) is 12.5 Å². The highest BCUT2D eigenvalue weighted by Gasteiger charge is 2.06. The second-order valence-electron chi connectivity index (χ2n) is 3.55. The second kappa shape index (κ2) is 4.79. The van der Waals surface area contributed by atoms with Crippen LogP contribution < -0.4 is 16.6 Å². The number of nitrogen functional groups attached to an aromatic ring is 1. The Morgan fingerprint density at radius 3 is 3.00 bits per heavy atom. The van der Waals surface area contributed by atoms with E-state index in [9.17, 15) is 0 Å². The van der Waals surface area contributed by atoms with Gasteiger partial charge in [-0.3, -0.25) is 10.1 Å². The number of aryl methyl sites for hydroxylation is 2. The third-order valence-electron chi connectivity index (χ3n) is 2.29. The van der Waals surface area contributed by atoms with Crippen molar-refractivity contribution in [3.8, 4) is 0 Å². The minimum absolute atomic E-state index is 0.372. The van der Waals surface area contributed by atoms with Crippen molar-refractivity contribution in [1.29, 1.82) is 0 Å². The van der Waals surface area contributed by atoms with Crippen LogP contribution in [0, 0.1) is 0 Å². The molecule has 0 amide bonds. The largest absolute Gasteiger partial charge is 0.337 e. The van der Waals surface area contributed by atoms with Crippen LogP contribution in [0.4, 0.5) is 17.5 Å². The van der Waals surface area contributed by atoms with Crippen LogP contribution in [0.3, 0.4) is 0 Å². The van der Waals surface area contributed by atoms with E-state index in [2.05, 4.69) is 32.7 Å². The van der Waals surface area contributed by atoms with E-state index in [4.69, 9.17) is 5.84 Å². The van der Waals surface area contributed by atoms with Crippen LogP contribution >= 0.6 is 0 Å². The minimum atomic E-state index is 0.372. The highest BCUT2D eigenvalue weighted by atomic mass is 15.3. The molecule has 0 aliphatic heterocycles. The fourth-order valence-corrected chi connectivity index (χ4v) is 1.54. The summed E-state index contributed by atoms with van der Waals surface area (Å²) in [6.45, 7) is 2.06. The molecule has 0 aliphatic rings. The fraction of sp³-hybridized carbons (Fsp3) is 0.300. The molecule has 90 valence electrons. The molecule has 17 heavy (non-hydrogen) atoms. The van der Waals surface area contributed by atoms with Gasteiger partial charge in [0.15, 0.2) is 0 Å². The van der Waals surface area contributed by atoms with Crippen molar-refractivity contribution in [1.82, 2.24) is 19.7 Å². The topological polar surface area (TPSA) is 93.7 Å². The summed E-state index contributed by atoms with van der Waals surface area (Å²) in [4.78, 5) is 8.12. The molecule has 2 aromatic rings. The molecule has 0 spiro atoms. The third kappa shape index (κ3) is 2.51. The van der Waals surface area contributed by atoms with Crippen LogP contribution in [-0.4, -0.2) is 19.7 Å². The first-order valence-electron chi connectivity index (χ1n) is 5.32. The van der Waals surface area contributed by atoms with E-state index in [-0.39, 0.29) is 0 Å². The van der Waals surface area contributed by atoms with Gasteiger partial charge < -0.3 is 5.32 Å². The fourth-order valence-electron chi connectivity index (χ4n) is 1.54. The average molecular weight is 233 g/mol. The van der Waals surface area contributed by atoms with Crippen molar-refractivity contribution in [3.05, 3.63) is 24.2 Å². The van der Waals surface area contributed by atoms with E-state index in [0.717, 1.165) is 17.8 Å². The molecule has 0 radical (unpaired) electrons. The molecule has 2 aromatic heterocycles. The number of hydrogen-bond acceptors (Lipinski definition) is 6. The maximum Gasteiger partial charge on any atom is 0.239 e. The maximum absolute atomic E-state index is 5.25. The number of aromatic nitrogens is 4. The molecule has 7 nitrogen and oxygen atoms in total. The van der Waals surface area contributed by atoms with Crippen LogP contribution in [0.5, 0.6) is 0 Å². The lowest BCUT2D eigenvalue weighted by Gasteiger charge is -2.05. The van der Waals surface area contributed by atoms with E-state index < -0.39 is 0 Å². The molecule has 0 atom stereocenters. The molecular formula is C10H15N7. The van der Waals surface area contributed by atoms with Crippen LogP contribution in [-0.2, 0) is 13.5 Å². The number of nitrogens with zero attached hydrogens (tertiary/aromatic N) is 4. The third-order valence-corrected chi connectivity index (χ3v) is 2.29. The quantitative estimate of drug-likeness (QED) is 0.534. The maximum atomic E-state index is 5.25. The molecule has 0 fully saturated rings. The predicted octanol–water partition coefficient (Wildman–Crippen LogP) is 0.802. The first kappa shape index (κ1) is 11.3. The monoisotopic (exact) mass is 233 g/mol. The van der Waals surface area contributed by atoms with Crippen molar-refractivity contribution < 1.29 is 0 Å². The van der Waals surface area contributed by atoms with Crippen molar-refractivity contribution in [2.45, 2.75) is 13.3 Å². The smallest absolute Gasteiger partial charge is 0.239 e. The Labute approximate surface area is 99.0 Å². The van der Waals surface area contributed by atoms with Gasteiger partial charge in [0, 0.05) is 19.4 Å². The molecule has 0 saturated heterocycles. The SMILES string of the molecule is CCc1nn(C)cc1Nc1ccnc(NN)n1. The zero-order valence-corrected chi connectivity index (χ0v) is 9.81. The summed E-state index contributed by atoms with van der Waals surface area (Å²) in [5.74, 6) is 6.30. The Morgan fingerprint density at radius 2 is 2.29 bits per heavy atom. The zero-order valence-electron chi connectivity index (χ0n) is 9.81. The van der Waals surface area contributed by atoms with Crippen LogP contribution in [0.2, 0.25) is 0 Å². The Kier molecular flexibility index (Phi) is 3.20. The van der Waals surface area contributed by atoms with Crippen LogP contribution in [0.25, 0.3) is 0 Å². The van der Waals surface area contributed by atoms with Gasteiger partial charge in [0.1, 0.15) is 5.82 Å². The van der Waals surface area contributed by atoms with E-state index in [1.54, 1.807) is 16.9 Å². The highest BCUT2D eigenvalue weighted by Crippen LogP contribution is 2.18. The molecule has 0 aromatic carbocycles. The van der Waals surface area contributed by atoms with E-state index in [1.165, 1.54) is 0 Å². The molecule has 4 N–H and O–H groups in total. The van der Waals surface area contributed by atoms with Gasteiger partial charge in [-0.1, -0.05) is 6.92 Å². The number of anilines is 3. The number of nitrogens with one attached hydrogen (secondary N) is 2. The summed E-state index contributed by atoms with van der Waals surface area (Å²) in [5, 5.41) is 7.53. The lowest BCUT2D eigenvalue weighted by atomic mass is 10.3. The van der Waals surface area contributed by atoms with Gasteiger partial charge in [0.05, 0.1) is 11.4 Å². The molecule has 0 bridgehead atoms. The van der Waals surface area contributed by atoms with Gasteiger partial charge in [-0.2, -0.15) is 10.1 Å². The second-order valence-corrected chi connectivity index (χ2v) is 3.55. The normalized spacial score (nSPS) is 10.3. The lowest BCUT2D eigenvalue weighted by molar-refractivity contribution is 0.746. The molecular weight excluding hydrogens is 218 g/mol. The number of hydrazine groups is 1. The molecule has 2 heterocycles. The summed E-state index contributed by atoms with van der Waals surface area (Å²) in [6.07, 6.45) is 4.40. The van der Waals surface area contributed by atoms with E-state index >= 15 is 0 Å². The molecule has 2 rings (SSSR count). The molecule has 7 heteroatoms. The predicted molar refractivity (Wildman–Crippen MR) is 65.7 cm³/mol. The van der Waals surface area contributed by atoms with Crippen molar-refractivity contribution in [3.63, 3.8) is 0 Å². The number of hydrogen-bond donors (Lipinski definition) is 3. The molecule has 0 aliphatic carbocycles. The van der Waals surface area contributed by atoms with Gasteiger partial charge in [-0.15, -0.1) is 0 Å². The van der Waals surface area contributed by atoms with Crippen molar-refractivity contribution in [2.75, 3.05) is 10.7 Å². The summed E-state index contributed by atoms with van der Waals surface area (Å²) in [5.41, 5.74) is 4.34. The lowest BCUT2D eigenvalue weighted by Crippen LogP contribution is -2.10. The average Bonchev–Trinajstić information content (AvgIpc) is 2.69. The van der Waals surface area contributed by atoms with E-state index in [1.807, 2.05) is 13.2 Å². The summed E-state index contributed by atoms with van der Waals surface area (Å²) in [6, 6.07) is 1.77. The summed E-state index contributed by atoms with van der Waals surface area (Å²) in [7, 11) is 1.89. The zero-order chi connectivity index (χ0) is 12.3. The Hall–Kier alpha value is -2.15. The van der Waals surface area contributed by atoms with Crippen molar-refractivity contribution >= 4 is 17.5 Å². The van der Waals surface area contributed by atoms with Crippen LogP contribution in [0.15, 0.2) is 18.5 Å². The molecule has 0 unspecified atom stereocenters. The number of nitrogens with two attached hydrogens (primary N) is 1. The van der Waals surface area contributed by atoms with E-state index in [0.29, 0.717) is 11.8 Å². The Balaban J connectivity index is 2.24. The van der Waals surface area contributed by atoms with Gasteiger partial charge in [0.25, 0.3) is 0 Å². The van der Waals surface area contributed by atoms with Crippen LogP contribution in [0.1, 0.15) is 12.6 Å². The Bertz CT molecular complexity index is 505. The van der Waals surface area contributed by atoms with Gasteiger partial charge in [-0.25, -0.2) is 10.8 Å². The molecule has 0 saturated carbocycles. The Morgan fingerprint density at radius 1 is 1.47 bits per heavy atom. The summed E-state index contributed by atoms with van der Waals surface area (Å²) < 4.78 is 1.77.